The highest BCUT2D eigenvalue weighted by atomic mass is 32.2. The van der Waals surface area contributed by atoms with Crippen molar-refractivity contribution in [3.63, 3.8) is 0 Å². The topological polar surface area (TPSA) is 165 Å². The van der Waals surface area contributed by atoms with Gasteiger partial charge in [-0.3, -0.25) is 19.3 Å². The Balaban J connectivity index is 1.70. The number of hydrogen-bond acceptors (Lipinski definition) is 10. The first-order chi connectivity index (χ1) is 12.8. The number of nitrogens with two attached hydrogens (primary N) is 1. The van der Waals surface area contributed by atoms with E-state index in [4.69, 9.17) is 5.73 Å². The first-order valence-corrected chi connectivity index (χ1v) is 9.52. The Kier molecular flexibility index (Phi) is 5.32. The van der Waals surface area contributed by atoms with Crippen molar-refractivity contribution < 1.29 is 29.0 Å². The maximum absolute atomic E-state index is 12.4. The van der Waals surface area contributed by atoms with Gasteiger partial charge in [0.1, 0.15) is 22.1 Å². The molecule has 1 aromatic rings. The number of nitrogens with one attached hydrogen (secondary N) is 1. The summed E-state index contributed by atoms with van der Waals surface area (Å²) in [5.41, 5.74) is 5.54. The molecule has 0 aliphatic carbocycles. The Bertz CT molecular complexity index is 853. The van der Waals surface area contributed by atoms with Crippen LogP contribution in [0.2, 0.25) is 0 Å². The maximum Gasteiger partial charge on any atom is 0.352 e. The van der Waals surface area contributed by atoms with Crippen molar-refractivity contribution >= 4 is 52.0 Å². The number of nitrogens with zero attached hydrogens (tertiary/aromatic N) is 3. The summed E-state index contributed by atoms with van der Waals surface area (Å²) in [4.78, 5) is 48.8. The Hall–Kier alpha value is -2.67. The van der Waals surface area contributed by atoms with Crippen molar-refractivity contribution in [1.82, 2.24) is 20.4 Å². The third-order valence-electron chi connectivity index (χ3n) is 3.95. The van der Waals surface area contributed by atoms with E-state index in [0.29, 0.717) is 10.6 Å². The highest BCUT2D eigenvalue weighted by Gasteiger charge is 2.54. The predicted molar refractivity (Wildman–Crippen MR) is 94.3 cm³/mol. The standard InChI is InChI=1S/C14H15N5O6S2/c1-25-8(21)2-5-4-26-12-9(11(22)19(12)10(5)13(23)24)16-6(20)3-7-17-18-14(15)27-7/h9,12H,2-4H2,1H3,(H2,15,18)(H,16,20)(H,23,24)/t9-,12+/m1/s1. The third-order valence-corrected chi connectivity index (χ3v) is 6.04. The summed E-state index contributed by atoms with van der Waals surface area (Å²) in [5, 5.41) is 19.5. The number of carbonyl (C=O) groups excluding carboxylic acids is 3. The van der Waals surface area contributed by atoms with Gasteiger partial charge < -0.3 is 20.9 Å². The fourth-order valence-electron chi connectivity index (χ4n) is 2.77. The van der Waals surface area contributed by atoms with Crippen molar-refractivity contribution in [2.24, 2.45) is 0 Å². The number of carboxylic acids is 1. The number of nitrogen functional groups attached to an aromatic ring is 1. The zero-order valence-corrected chi connectivity index (χ0v) is 15.6. The van der Waals surface area contributed by atoms with Gasteiger partial charge in [0.25, 0.3) is 5.91 Å². The third kappa shape index (κ3) is 3.73. The number of fused-ring (bicyclic) bond motifs is 1. The molecular formula is C14H15N5O6S2. The average Bonchev–Trinajstić information content (AvgIpc) is 3.03. The van der Waals surface area contributed by atoms with Crippen LogP contribution in [0.5, 0.6) is 0 Å². The lowest BCUT2D eigenvalue weighted by Crippen LogP contribution is -2.70. The molecule has 0 spiro atoms. The number of methoxy groups -OCH3 is 1. The van der Waals surface area contributed by atoms with Crippen molar-refractivity contribution in [3.05, 3.63) is 16.3 Å². The van der Waals surface area contributed by atoms with E-state index in [1.54, 1.807) is 0 Å². The van der Waals surface area contributed by atoms with E-state index >= 15 is 0 Å². The molecule has 2 atom stereocenters. The number of thioether (sulfide) groups is 1. The molecule has 2 aliphatic rings. The molecule has 3 rings (SSSR count). The van der Waals surface area contributed by atoms with Gasteiger partial charge in [-0.15, -0.1) is 22.0 Å². The summed E-state index contributed by atoms with van der Waals surface area (Å²) in [5.74, 6) is -2.63. The van der Waals surface area contributed by atoms with Gasteiger partial charge in [0.05, 0.1) is 20.0 Å². The van der Waals surface area contributed by atoms with Gasteiger partial charge in [0, 0.05) is 5.75 Å². The minimum Gasteiger partial charge on any atom is -0.477 e. The van der Waals surface area contributed by atoms with E-state index < -0.39 is 35.2 Å². The number of ether oxygens (including phenoxy) is 1. The monoisotopic (exact) mass is 413 g/mol. The molecule has 0 unspecified atom stereocenters. The summed E-state index contributed by atoms with van der Waals surface area (Å²) in [6.07, 6.45) is -0.289. The van der Waals surface area contributed by atoms with Crippen molar-refractivity contribution in [2.45, 2.75) is 24.3 Å². The van der Waals surface area contributed by atoms with Gasteiger partial charge >= 0.3 is 11.9 Å². The minimum absolute atomic E-state index is 0.0781. The number of carbonyl (C=O) groups is 4. The molecule has 0 aromatic carbocycles. The summed E-state index contributed by atoms with van der Waals surface area (Å²) < 4.78 is 4.57. The van der Waals surface area contributed by atoms with Crippen LogP contribution in [0.3, 0.4) is 0 Å². The number of β-lactam (4-membered cyclic amide) rings is 1. The lowest BCUT2D eigenvalue weighted by atomic mass is 10.0. The lowest BCUT2D eigenvalue weighted by Gasteiger charge is -2.49. The molecule has 1 fully saturated rings. The normalized spacial score (nSPS) is 21.4. The van der Waals surface area contributed by atoms with Crippen molar-refractivity contribution in [3.8, 4) is 0 Å². The first kappa shape index (κ1) is 19.1. The smallest absolute Gasteiger partial charge is 0.352 e. The minimum atomic E-state index is -1.30. The van der Waals surface area contributed by atoms with E-state index in [1.807, 2.05) is 0 Å². The molecule has 4 N–H and O–H groups in total. The van der Waals surface area contributed by atoms with Gasteiger partial charge in [-0.05, 0) is 5.57 Å². The highest BCUT2D eigenvalue weighted by molar-refractivity contribution is 8.00. The Morgan fingerprint density at radius 3 is 2.70 bits per heavy atom. The van der Waals surface area contributed by atoms with E-state index in [2.05, 4.69) is 20.3 Å². The van der Waals surface area contributed by atoms with Crippen molar-refractivity contribution in [1.29, 1.82) is 0 Å². The number of anilines is 1. The number of carboxylic acid groups (broad SMARTS) is 1. The number of aliphatic carboxylic acids is 1. The number of rotatable bonds is 6. The van der Waals surface area contributed by atoms with Crippen molar-refractivity contribution in [2.75, 3.05) is 18.6 Å². The predicted octanol–water partition coefficient (Wildman–Crippen LogP) is -1.04. The second kappa shape index (κ2) is 7.52. The molecule has 13 heteroatoms. The van der Waals surface area contributed by atoms with Gasteiger partial charge in [0.2, 0.25) is 11.0 Å². The van der Waals surface area contributed by atoms with Crippen LogP contribution in [0, 0.1) is 0 Å². The summed E-state index contributed by atoms with van der Waals surface area (Å²) >= 11 is 2.34. The Morgan fingerprint density at radius 2 is 2.11 bits per heavy atom. The molecule has 0 bridgehead atoms. The Labute approximate surface area is 160 Å². The molecule has 144 valence electrons. The van der Waals surface area contributed by atoms with Gasteiger partial charge in [-0.25, -0.2) is 4.79 Å². The van der Waals surface area contributed by atoms with Crippen LogP contribution in [0.15, 0.2) is 11.3 Å². The molecule has 0 saturated carbocycles. The summed E-state index contributed by atoms with van der Waals surface area (Å²) in [6.45, 7) is 0. The number of esters is 1. The molecule has 2 aliphatic heterocycles. The second-order valence-corrected chi connectivity index (χ2v) is 7.87. The number of amides is 2. The lowest BCUT2D eigenvalue weighted by molar-refractivity contribution is -0.150. The van der Waals surface area contributed by atoms with Crippen LogP contribution in [0.25, 0.3) is 0 Å². The van der Waals surface area contributed by atoms with Crippen LogP contribution >= 0.6 is 23.1 Å². The highest BCUT2D eigenvalue weighted by Crippen LogP contribution is 2.41. The molecule has 1 aromatic heterocycles. The zero-order valence-electron chi connectivity index (χ0n) is 14.0. The summed E-state index contributed by atoms with van der Waals surface area (Å²) in [7, 11) is 1.20. The summed E-state index contributed by atoms with van der Waals surface area (Å²) in [6, 6.07) is -0.846. The SMILES string of the molecule is COC(=O)CC1=C(C(=O)O)N2C(=O)[C@@H](NC(=O)Cc3nnc(N)s3)[C@@H]2SC1. The van der Waals surface area contributed by atoms with E-state index in [1.165, 1.54) is 18.9 Å². The quantitative estimate of drug-likeness (QED) is 0.387. The zero-order chi connectivity index (χ0) is 19.7. The second-order valence-electron chi connectivity index (χ2n) is 5.68. The molecule has 2 amide bonds. The van der Waals surface area contributed by atoms with E-state index in [0.717, 1.165) is 16.2 Å². The van der Waals surface area contributed by atoms with Crippen LogP contribution in [0.4, 0.5) is 5.13 Å². The van der Waals surface area contributed by atoms with Gasteiger partial charge in [0.15, 0.2) is 0 Å². The molecule has 3 heterocycles. The fraction of sp³-hybridized carbons (Fsp3) is 0.429. The van der Waals surface area contributed by atoms with Crippen LogP contribution in [-0.4, -0.2) is 68.2 Å². The number of aromatic nitrogens is 2. The van der Waals surface area contributed by atoms with E-state index in [9.17, 15) is 24.3 Å². The average molecular weight is 413 g/mol. The van der Waals surface area contributed by atoms with Crippen LogP contribution < -0.4 is 11.1 Å². The molecule has 0 radical (unpaired) electrons. The molecule has 27 heavy (non-hydrogen) atoms. The van der Waals surface area contributed by atoms with E-state index in [-0.39, 0.29) is 29.4 Å². The van der Waals surface area contributed by atoms with Crippen LogP contribution in [0.1, 0.15) is 11.4 Å². The fourth-order valence-corrected chi connectivity index (χ4v) is 4.72. The maximum atomic E-state index is 12.4. The first-order valence-electron chi connectivity index (χ1n) is 7.65. The van der Waals surface area contributed by atoms with Crippen LogP contribution in [-0.2, 0) is 30.3 Å². The number of hydrogen-bond donors (Lipinski definition) is 3. The molecule has 1 saturated heterocycles. The van der Waals surface area contributed by atoms with Gasteiger partial charge in [-0.2, -0.15) is 0 Å². The molecular weight excluding hydrogens is 398 g/mol. The molecule has 11 nitrogen and oxygen atoms in total. The largest absolute Gasteiger partial charge is 0.477 e. The van der Waals surface area contributed by atoms with Gasteiger partial charge in [-0.1, -0.05) is 11.3 Å². The Morgan fingerprint density at radius 1 is 1.37 bits per heavy atom.